The fourth-order valence-corrected chi connectivity index (χ4v) is 8.03. The number of aromatic nitrogens is 9. The van der Waals surface area contributed by atoms with Gasteiger partial charge in [-0.1, -0.05) is 42.5 Å². The molecular formula is C42H41N13O4. The summed E-state index contributed by atoms with van der Waals surface area (Å²) in [7, 11) is 5.06. The SMILES string of the molecule is Cn1nc(C(=O)N2CCN(c3cccc4nccn34)CC2)c2ccccc2c1=O.Cn1nc(C(=O)N2CCN(c3ccnc4cnn(C)c34)CC2)c2ccccc2c1=O. The quantitative estimate of drug-likeness (QED) is 0.258. The van der Waals surface area contributed by atoms with Crippen LogP contribution in [0.4, 0.5) is 11.5 Å². The fraction of sp³-hybridized carbons (Fsp3) is 0.262. The van der Waals surface area contributed by atoms with Crippen molar-refractivity contribution in [3.8, 4) is 0 Å². The predicted molar refractivity (Wildman–Crippen MR) is 224 cm³/mol. The van der Waals surface area contributed by atoms with E-state index in [1.54, 1.807) is 74.0 Å². The summed E-state index contributed by atoms with van der Waals surface area (Å²) in [4.78, 5) is 68.0. The molecule has 0 bridgehead atoms. The van der Waals surface area contributed by atoms with E-state index >= 15 is 0 Å². The molecule has 6 aromatic heterocycles. The van der Waals surface area contributed by atoms with Crippen LogP contribution in [0.1, 0.15) is 21.0 Å². The van der Waals surface area contributed by atoms with Gasteiger partial charge in [-0.3, -0.25) is 33.2 Å². The number of hydrogen-bond donors (Lipinski definition) is 0. The van der Waals surface area contributed by atoms with Gasteiger partial charge >= 0.3 is 0 Å². The lowest BCUT2D eigenvalue weighted by Gasteiger charge is -2.36. The smallest absolute Gasteiger partial charge is 0.275 e. The van der Waals surface area contributed by atoms with Crippen molar-refractivity contribution in [3.63, 3.8) is 0 Å². The van der Waals surface area contributed by atoms with Crippen LogP contribution in [0, 0.1) is 0 Å². The van der Waals surface area contributed by atoms with Crippen molar-refractivity contribution in [1.29, 1.82) is 0 Å². The lowest BCUT2D eigenvalue weighted by atomic mass is 10.1. The molecule has 0 N–H and O–H groups in total. The van der Waals surface area contributed by atoms with Gasteiger partial charge in [0.2, 0.25) is 0 Å². The minimum Gasteiger partial charge on any atom is -0.366 e. The largest absolute Gasteiger partial charge is 0.366 e. The van der Waals surface area contributed by atoms with Crippen LogP contribution in [0.25, 0.3) is 38.2 Å². The van der Waals surface area contributed by atoms with Gasteiger partial charge in [0, 0.05) is 103 Å². The van der Waals surface area contributed by atoms with Crippen LogP contribution in [0.2, 0.25) is 0 Å². The molecule has 0 unspecified atom stereocenters. The second kappa shape index (κ2) is 15.1. The van der Waals surface area contributed by atoms with Crippen molar-refractivity contribution >= 4 is 61.5 Å². The Balaban J connectivity index is 0.000000152. The summed E-state index contributed by atoms with van der Waals surface area (Å²) < 4.78 is 6.36. The van der Waals surface area contributed by atoms with Crippen LogP contribution in [-0.2, 0) is 21.1 Å². The van der Waals surface area contributed by atoms with Crippen LogP contribution >= 0.6 is 0 Å². The van der Waals surface area contributed by atoms with Gasteiger partial charge in [0.05, 0.1) is 22.7 Å². The molecular weight excluding hydrogens is 751 g/mol. The number of rotatable bonds is 4. The number of aryl methyl sites for hydroxylation is 3. The van der Waals surface area contributed by atoms with Gasteiger partial charge in [-0.25, -0.2) is 14.3 Å². The number of amides is 2. The zero-order chi connectivity index (χ0) is 40.8. The lowest BCUT2D eigenvalue weighted by molar-refractivity contribution is 0.0733. The first-order valence-corrected chi connectivity index (χ1v) is 19.4. The van der Waals surface area contributed by atoms with E-state index in [0.717, 1.165) is 28.2 Å². The van der Waals surface area contributed by atoms with E-state index in [1.165, 1.54) is 9.36 Å². The van der Waals surface area contributed by atoms with Crippen LogP contribution in [-0.4, -0.2) is 118 Å². The van der Waals surface area contributed by atoms with E-state index in [0.29, 0.717) is 85.3 Å². The second-order valence-corrected chi connectivity index (χ2v) is 14.6. The first-order chi connectivity index (χ1) is 28.7. The Morgan fingerprint density at radius 1 is 0.559 bits per heavy atom. The van der Waals surface area contributed by atoms with E-state index in [4.69, 9.17) is 0 Å². The van der Waals surface area contributed by atoms with E-state index in [2.05, 4.69) is 45.5 Å². The Morgan fingerprint density at radius 3 is 1.68 bits per heavy atom. The Morgan fingerprint density at radius 2 is 1.10 bits per heavy atom. The van der Waals surface area contributed by atoms with Crippen molar-refractivity contribution < 1.29 is 9.59 Å². The average Bonchev–Trinajstić information content (AvgIpc) is 3.93. The molecule has 2 aliphatic heterocycles. The average molecular weight is 792 g/mol. The van der Waals surface area contributed by atoms with Gasteiger partial charge in [0.1, 0.15) is 22.5 Å². The first-order valence-electron chi connectivity index (χ1n) is 19.4. The highest BCUT2D eigenvalue weighted by atomic mass is 16.2. The molecule has 2 aliphatic rings. The molecule has 0 aliphatic carbocycles. The number of anilines is 2. The Hall–Kier alpha value is -7.43. The van der Waals surface area contributed by atoms with Crippen molar-refractivity contribution in [3.05, 3.63) is 130 Å². The minimum atomic E-state index is -0.204. The lowest BCUT2D eigenvalue weighted by Crippen LogP contribution is -2.49. The van der Waals surface area contributed by atoms with Crippen LogP contribution < -0.4 is 20.9 Å². The molecule has 17 nitrogen and oxygen atoms in total. The van der Waals surface area contributed by atoms with Gasteiger partial charge in [0.15, 0.2) is 11.4 Å². The highest BCUT2D eigenvalue weighted by Gasteiger charge is 2.28. The van der Waals surface area contributed by atoms with Crippen LogP contribution in [0.3, 0.4) is 0 Å². The predicted octanol–water partition coefficient (Wildman–Crippen LogP) is 2.72. The summed E-state index contributed by atoms with van der Waals surface area (Å²) in [6.45, 7) is 5.13. The van der Waals surface area contributed by atoms with Crippen molar-refractivity contribution in [2.24, 2.45) is 21.1 Å². The summed E-state index contributed by atoms with van der Waals surface area (Å²) >= 11 is 0. The maximum Gasteiger partial charge on any atom is 0.275 e. The highest BCUT2D eigenvalue weighted by Crippen LogP contribution is 2.27. The molecule has 2 aromatic carbocycles. The third-order valence-electron chi connectivity index (χ3n) is 11.1. The summed E-state index contributed by atoms with van der Waals surface area (Å²) in [5.41, 5.74) is 4.06. The highest BCUT2D eigenvalue weighted by molar-refractivity contribution is 6.05. The van der Waals surface area contributed by atoms with Crippen LogP contribution in [0.15, 0.2) is 107 Å². The standard InChI is InChI=1S/C21H21N7O2.C21H20N6O2/c1-25-19-16(13-23-25)22-8-7-17(19)27-9-11-28(12-10-27)21(30)18-14-5-3-4-6-15(14)20(29)26(2)24-18;1-24-20(28)16-6-3-2-5-15(16)19(23-24)21(29)26-13-11-25(12-14-26)18-8-4-7-17-22-9-10-27(17)18/h3-8,13H,9-12H2,1-2H3;2-10H,11-14H2,1H3. The molecule has 2 amide bonds. The number of pyridine rings is 2. The number of imidazole rings is 1. The molecule has 0 atom stereocenters. The van der Waals surface area contributed by atoms with Gasteiger partial charge in [-0.05, 0) is 30.3 Å². The molecule has 298 valence electrons. The molecule has 0 saturated carbocycles. The summed E-state index contributed by atoms with van der Waals surface area (Å²) in [5, 5.41) is 15.1. The zero-order valence-corrected chi connectivity index (χ0v) is 32.8. The Kier molecular flexibility index (Phi) is 9.54. The topological polar surface area (TPSA) is 165 Å². The van der Waals surface area contributed by atoms with Gasteiger partial charge in [-0.15, -0.1) is 0 Å². The molecule has 2 fully saturated rings. The van der Waals surface area contributed by atoms with Gasteiger partial charge < -0.3 is 19.6 Å². The third kappa shape index (κ3) is 6.69. The fourth-order valence-electron chi connectivity index (χ4n) is 8.03. The molecule has 17 heteroatoms. The minimum absolute atomic E-state index is 0.141. The number of fused-ring (bicyclic) bond motifs is 4. The number of hydrogen-bond acceptors (Lipinski definition) is 11. The van der Waals surface area contributed by atoms with E-state index in [-0.39, 0.29) is 22.9 Å². The molecule has 0 spiro atoms. The molecule has 2 saturated heterocycles. The normalized spacial score (nSPS) is 14.6. The van der Waals surface area contributed by atoms with Crippen molar-refractivity contribution in [2.75, 3.05) is 62.2 Å². The van der Waals surface area contributed by atoms with Crippen molar-refractivity contribution in [1.82, 2.24) is 53.5 Å². The van der Waals surface area contributed by atoms with E-state index in [9.17, 15) is 19.2 Å². The van der Waals surface area contributed by atoms with Crippen LogP contribution in [0.5, 0.6) is 0 Å². The summed E-state index contributed by atoms with van der Waals surface area (Å²) in [6, 6.07) is 22.3. The molecule has 8 heterocycles. The second-order valence-electron chi connectivity index (χ2n) is 14.6. The molecule has 59 heavy (non-hydrogen) atoms. The van der Waals surface area contributed by atoms with Gasteiger partial charge in [0.25, 0.3) is 22.9 Å². The summed E-state index contributed by atoms with van der Waals surface area (Å²) in [5.74, 6) is 0.775. The maximum atomic E-state index is 13.3. The zero-order valence-electron chi connectivity index (χ0n) is 32.8. The number of piperazine rings is 2. The van der Waals surface area contributed by atoms with Crippen molar-refractivity contribution in [2.45, 2.75) is 0 Å². The molecule has 8 aromatic rings. The van der Waals surface area contributed by atoms with Gasteiger partial charge in [-0.2, -0.15) is 15.3 Å². The number of nitrogens with zero attached hydrogens (tertiary/aromatic N) is 13. The molecule has 0 radical (unpaired) electrons. The Bertz CT molecular complexity index is 3020. The maximum absolute atomic E-state index is 13.3. The number of benzene rings is 2. The monoisotopic (exact) mass is 791 g/mol. The van der Waals surface area contributed by atoms with E-state index < -0.39 is 0 Å². The number of carbonyl (C=O) groups is 2. The number of carbonyl (C=O) groups excluding carboxylic acids is 2. The summed E-state index contributed by atoms with van der Waals surface area (Å²) in [6.07, 6.45) is 7.28. The van der Waals surface area contributed by atoms with E-state index in [1.807, 2.05) is 53.2 Å². The molecule has 10 rings (SSSR count). The third-order valence-corrected chi connectivity index (χ3v) is 11.1. The first kappa shape index (κ1) is 37.2. The Labute approximate surface area is 336 Å².